The Labute approximate surface area is 99.3 Å². The van der Waals surface area contributed by atoms with Crippen LogP contribution in [0.5, 0.6) is 5.88 Å². The van der Waals surface area contributed by atoms with Crippen LogP contribution in [-0.2, 0) is 0 Å². The van der Waals surface area contributed by atoms with Crippen molar-refractivity contribution in [3.05, 3.63) is 16.9 Å². The zero-order valence-electron chi connectivity index (χ0n) is 9.65. The highest BCUT2D eigenvalue weighted by Gasteiger charge is 2.11. The third-order valence-corrected chi connectivity index (χ3v) is 3.08. The summed E-state index contributed by atoms with van der Waals surface area (Å²) >= 11 is 5.30. The van der Waals surface area contributed by atoms with Gasteiger partial charge < -0.3 is 9.72 Å². The summed E-state index contributed by atoms with van der Waals surface area (Å²) in [4.78, 5) is 7.58. The van der Waals surface area contributed by atoms with Gasteiger partial charge in [0.05, 0.1) is 12.6 Å². The van der Waals surface area contributed by atoms with Crippen molar-refractivity contribution >= 4 is 23.4 Å². The molecular weight excluding hydrogens is 222 g/mol. The van der Waals surface area contributed by atoms with Crippen LogP contribution in [0.4, 0.5) is 0 Å². The van der Waals surface area contributed by atoms with Crippen molar-refractivity contribution < 1.29 is 4.74 Å². The molecule has 86 valence electrons. The van der Waals surface area contributed by atoms with Crippen LogP contribution < -0.4 is 4.74 Å². The second-order valence-electron chi connectivity index (χ2n) is 3.78. The SMILES string of the molecule is CCC(C)n1c(=S)[nH]c2ccc(OC)nc21. The summed E-state index contributed by atoms with van der Waals surface area (Å²) in [7, 11) is 1.61. The second kappa shape index (κ2) is 4.25. The fourth-order valence-corrected chi connectivity index (χ4v) is 2.07. The van der Waals surface area contributed by atoms with Gasteiger partial charge in [0.25, 0.3) is 0 Å². The van der Waals surface area contributed by atoms with Gasteiger partial charge in [-0.25, -0.2) is 0 Å². The molecule has 1 N–H and O–H groups in total. The molecule has 4 nitrogen and oxygen atoms in total. The minimum atomic E-state index is 0.334. The third kappa shape index (κ3) is 1.71. The Morgan fingerprint density at radius 3 is 2.94 bits per heavy atom. The lowest BCUT2D eigenvalue weighted by Gasteiger charge is -2.11. The van der Waals surface area contributed by atoms with Crippen molar-refractivity contribution in [2.45, 2.75) is 26.3 Å². The van der Waals surface area contributed by atoms with Gasteiger partial charge in [-0.2, -0.15) is 4.98 Å². The number of ether oxygens (including phenoxy) is 1. The van der Waals surface area contributed by atoms with Crippen molar-refractivity contribution in [1.29, 1.82) is 0 Å². The number of hydrogen-bond donors (Lipinski definition) is 1. The summed E-state index contributed by atoms with van der Waals surface area (Å²) in [6.45, 7) is 4.26. The summed E-state index contributed by atoms with van der Waals surface area (Å²) in [6.07, 6.45) is 1.01. The van der Waals surface area contributed by atoms with Gasteiger partial charge in [0.15, 0.2) is 10.4 Å². The number of aromatic amines is 1. The maximum Gasteiger partial charge on any atom is 0.215 e. The molecule has 1 unspecified atom stereocenters. The molecule has 16 heavy (non-hydrogen) atoms. The van der Waals surface area contributed by atoms with Gasteiger partial charge in [-0.3, -0.25) is 4.57 Å². The largest absolute Gasteiger partial charge is 0.481 e. The normalized spacial score (nSPS) is 12.9. The van der Waals surface area contributed by atoms with Crippen molar-refractivity contribution in [2.24, 2.45) is 0 Å². The minimum absolute atomic E-state index is 0.334. The van der Waals surface area contributed by atoms with Crippen LogP contribution in [0, 0.1) is 4.77 Å². The summed E-state index contributed by atoms with van der Waals surface area (Å²) in [5.41, 5.74) is 1.81. The molecule has 0 fully saturated rings. The van der Waals surface area contributed by atoms with E-state index in [4.69, 9.17) is 17.0 Å². The maximum atomic E-state index is 5.30. The smallest absolute Gasteiger partial charge is 0.215 e. The van der Waals surface area contributed by atoms with Gasteiger partial charge in [-0.1, -0.05) is 6.92 Å². The Kier molecular flexibility index (Phi) is 2.96. The highest BCUT2D eigenvalue weighted by Crippen LogP contribution is 2.21. The van der Waals surface area contributed by atoms with E-state index < -0.39 is 0 Å². The molecule has 0 saturated carbocycles. The number of imidazole rings is 1. The summed E-state index contributed by atoms with van der Waals surface area (Å²) in [6, 6.07) is 4.10. The third-order valence-electron chi connectivity index (χ3n) is 2.78. The molecular formula is C11H15N3OS. The standard InChI is InChI=1S/C11H15N3OS/c1-4-7(2)14-10-8(12-11(14)16)5-6-9(13-10)15-3/h5-7H,4H2,1-3H3,(H,12,16). The quantitative estimate of drug-likeness (QED) is 0.834. The van der Waals surface area contributed by atoms with E-state index in [9.17, 15) is 0 Å². The van der Waals surface area contributed by atoms with Crippen LogP contribution in [0.3, 0.4) is 0 Å². The molecule has 2 rings (SSSR count). The van der Waals surface area contributed by atoms with Crippen molar-refractivity contribution in [3.63, 3.8) is 0 Å². The molecule has 2 heterocycles. The van der Waals surface area contributed by atoms with Crippen LogP contribution in [0.1, 0.15) is 26.3 Å². The van der Waals surface area contributed by atoms with Crippen LogP contribution in [0.15, 0.2) is 12.1 Å². The van der Waals surface area contributed by atoms with Gasteiger partial charge >= 0.3 is 0 Å². The monoisotopic (exact) mass is 237 g/mol. The number of aromatic nitrogens is 3. The average Bonchev–Trinajstić information content (AvgIpc) is 2.63. The van der Waals surface area contributed by atoms with E-state index in [0.29, 0.717) is 16.7 Å². The molecule has 0 aromatic carbocycles. The Bertz CT molecular complexity index is 558. The number of rotatable bonds is 3. The molecule has 0 bridgehead atoms. The van der Waals surface area contributed by atoms with E-state index in [-0.39, 0.29) is 0 Å². The summed E-state index contributed by atoms with van der Waals surface area (Å²) in [5, 5.41) is 0. The highest BCUT2D eigenvalue weighted by molar-refractivity contribution is 7.71. The molecule has 0 saturated heterocycles. The lowest BCUT2D eigenvalue weighted by atomic mass is 10.2. The predicted octanol–water partition coefficient (Wildman–Crippen LogP) is 3.07. The first-order valence-electron chi connectivity index (χ1n) is 5.32. The molecule has 2 aromatic heterocycles. The van der Waals surface area contributed by atoms with E-state index in [0.717, 1.165) is 17.6 Å². The van der Waals surface area contributed by atoms with E-state index in [2.05, 4.69) is 23.8 Å². The van der Waals surface area contributed by atoms with Crippen LogP contribution in [0.25, 0.3) is 11.2 Å². The van der Waals surface area contributed by atoms with Crippen LogP contribution in [-0.4, -0.2) is 21.6 Å². The van der Waals surface area contributed by atoms with Gasteiger partial charge in [-0.05, 0) is 31.6 Å². The first-order valence-corrected chi connectivity index (χ1v) is 5.73. The molecule has 0 aliphatic heterocycles. The fourth-order valence-electron chi connectivity index (χ4n) is 1.69. The van der Waals surface area contributed by atoms with Crippen molar-refractivity contribution in [2.75, 3.05) is 7.11 Å². The van der Waals surface area contributed by atoms with E-state index in [1.54, 1.807) is 7.11 Å². The Balaban J connectivity index is 2.70. The molecule has 1 atom stereocenters. The highest BCUT2D eigenvalue weighted by atomic mass is 32.1. The predicted molar refractivity (Wildman–Crippen MR) is 66.5 cm³/mol. The maximum absolute atomic E-state index is 5.30. The van der Waals surface area contributed by atoms with Crippen LogP contribution in [0.2, 0.25) is 0 Å². The van der Waals surface area contributed by atoms with Crippen LogP contribution >= 0.6 is 12.2 Å². The van der Waals surface area contributed by atoms with Gasteiger partial charge in [0, 0.05) is 12.1 Å². The summed E-state index contributed by atoms with van der Waals surface area (Å²) < 4.78 is 7.88. The number of nitrogens with one attached hydrogen (secondary N) is 1. The Hall–Kier alpha value is -1.36. The molecule has 0 amide bonds. The molecule has 0 spiro atoms. The first-order chi connectivity index (χ1) is 7.67. The lowest BCUT2D eigenvalue weighted by molar-refractivity contribution is 0.398. The molecule has 2 aromatic rings. The molecule has 0 aliphatic carbocycles. The first kappa shape index (κ1) is 11.1. The molecule has 0 radical (unpaired) electrons. The fraction of sp³-hybridized carbons (Fsp3) is 0.455. The molecule has 5 heteroatoms. The number of fused-ring (bicyclic) bond motifs is 1. The van der Waals surface area contributed by atoms with Crippen molar-refractivity contribution in [1.82, 2.24) is 14.5 Å². The number of hydrogen-bond acceptors (Lipinski definition) is 3. The zero-order chi connectivity index (χ0) is 11.7. The van der Waals surface area contributed by atoms with Gasteiger partial charge in [0.2, 0.25) is 5.88 Å². The lowest BCUT2D eigenvalue weighted by Crippen LogP contribution is -2.04. The Morgan fingerprint density at radius 1 is 1.56 bits per heavy atom. The number of methoxy groups -OCH3 is 1. The van der Waals surface area contributed by atoms with Gasteiger partial charge in [-0.15, -0.1) is 0 Å². The van der Waals surface area contributed by atoms with E-state index >= 15 is 0 Å². The van der Waals surface area contributed by atoms with Crippen molar-refractivity contribution in [3.8, 4) is 5.88 Å². The average molecular weight is 237 g/mol. The minimum Gasteiger partial charge on any atom is -0.481 e. The topological polar surface area (TPSA) is 42.8 Å². The molecule has 0 aliphatic rings. The van der Waals surface area contributed by atoms with E-state index in [1.807, 2.05) is 16.7 Å². The van der Waals surface area contributed by atoms with E-state index in [1.165, 1.54) is 0 Å². The van der Waals surface area contributed by atoms with Gasteiger partial charge in [0.1, 0.15) is 0 Å². The summed E-state index contributed by atoms with van der Waals surface area (Å²) in [5.74, 6) is 0.610. The second-order valence-corrected chi connectivity index (χ2v) is 4.17. The number of H-pyrrole nitrogens is 1. The number of pyridine rings is 1. The number of nitrogens with zero attached hydrogens (tertiary/aromatic N) is 2. The zero-order valence-corrected chi connectivity index (χ0v) is 10.5. The Morgan fingerprint density at radius 2 is 2.31 bits per heavy atom.